The lowest BCUT2D eigenvalue weighted by Gasteiger charge is -2.22. The summed E-state index contributed by atoms with van der Waals surface area (Å²) in [5.41, 5.74) is 1.02. The first-order chi connectivity index (χ1) is 9.34. The van der Waals surface area contributed by atoms with Crippen LogP contribution < -0.4 is 5.32 Å². The molecule has 3 heteroatoms. The third-order valence-electron chi connectivity index (χ3n) is 3.14. The van der Waals surface area contributed by atoms with Crippen molar-refractivity contribution in [1.29, 1.82) is 0 Å². The number of benzene rings is 1. The standard InChI is InChI=1S/C14H19NO2.C2H4/c16-14(15-13-9-5-2-6-10-13)17-11-12-7-3-1-4-8-12;1-2/h1,3-4,7-8,13H,2,5-6,9-11H2,(H,15,16);1-2H2. The number of alkyl carbamates (subject to hydrolysis) is 1. The number of hydrogen-bond acceptors (Lipinski definition) is 2. The summed E-state index contributed by atoms with van der Waals surface area (Å²) in [5, 5.41) is 2.93. The fourth-order valence-electron chi connectivity index (χ4n) is 2.18. The van der Waals surface area contributed by atoms with E-state index in [1.54, 1.807) is 0 Å². The minimum atomic E-state index is -0.291. The number of rotatable bonds is 3. The number of hydrogen-bond donors (Lipinski definition) is 1. The van der Waals surface area contributed by atoms with Gasteiger partial charge in [-0.05, 0) is 18.4 Å². The molecule has 0 aliphatic heterocycles. The van der Waals surface area contributed by atoms with Crippen LogP contribution >= 0.6 is 0 Å². The second-order valence-electron chi connectivity index (χ2n) is 4.54. The van der Waals surface area contributed by atoms with Crippen LogP contribution in [-0.4, -0.2) is 12.1 Å². The highest BCUT2D eigenvalue weighted by Crippen LogP contribution is 2.17. The monoisotopic (exact) mass is 261 g/mol. The van der Waals surface area contributed by atoms with Crippen molar-refractivity contribution in [3.8, 4) is 0 Å². The molecule has 0 atom stereocenters. The number of nitrogens with one attached hydrogen (secondary N) is 1. The van der Waals surface area contributed by atoms with Gasteiger partial charge in [-0.3, -0.25) is 0 Å². The SMILES string of the molecule is C=C.O=C(NC1CCCCC1)OCc1ccccc1. The number of ether oxygens (including phenoxy) is 1. The average molecular weight is 261 g/mol. The number of amides is 1. The second kappa shape index (κ2) is 9.20. The Morgan fingerprint density at radius 2 is 1.79 bits per heavy atom. The Labute approximate surface area is 115 Å². The molecule has 1 aromatic carbocycles. The quantitative estimate of drug-likeness (QED) is 0.834. The molecule has 1 saturated carbocycles. The Morgan fingerprint density at radius 1 is 1.16 bits per heavy atom. The van der Waals surface area contributed by atoms with E-state index in [0.29, 0.717) is 12.6 Å². The van der Waals surface area contributed by atoms with E-state index in [1.807, 2.05) is 30.3 Å². The summed E-state index contributed by atoms with van der Waals surface area (Å²) in [6, 6.07) is 10.1. The van der Waals surface area contributed by atoms with Gasteiger partial charge < -0.3 is 10.1 Å². The first kappa shape index (κ1) is 15.3. The summed E-state index contributed by atoms with van der Waals surface area (Å²) in [6.45, 7) is 6.35. The van der Waals surface area contributed by atoms with Crippen LogP contribution in [0.25, 0.3) is 0 Å². The van der Waals surface area contributed by atoms with Crippen LogP contribution in [0, 0.1) is 0 Å². The van der Waals surface area contributed by atoms with E-state index in [9.17, 15) is 4.79 Å². The molecule has 1 aliphatic rings. The minimum absolute atomic E-state index is 0.291. The normalized spacial score (nSPS) is 14.9. The van der Waals surface area contributed by atoms with E-state index in [4.69, 9.17) is 4.74 Å². The first-order valence-corrected chi connectivity index (χ1v) is 6.82. The maximum Gasteiger partial charge on any atom is 0.407 e. The Bertz CT molecular complexity index is 358. The van der Waals surface area contributed by atoms with Crippen molar-refractivity contribution in [1.82, 2.24) is 5.32 Å². The van der Waals surface area contributed by atoms with Crippen molar-refractivity contribution in [2.24, 2.45) is 0 Å². The molecular formula is C16H23NO2. The van der Waals surface area contributed by atoms with E-state index in [-0.39, 0.29) is 6.09 Å². The second-order valence-corrected chi connectivity index (χ2v) is 4.54. The van der Waals surface area contributed by atoms with Gasteiger partial charge in [-0.1, -0.05) is 49.6 Å². The molecule has 0 unspecified atom stereocenters. The van der Waals surface area contributed by atoms with Gasteiger partial charge in [0.25, 0.3) is 0 Å². The third-order valence-corrected chi connectivity index (χ3v) is 3.14. The number of carbonyl (C=O) groups excluding carboxylic acids is 1. The van der Waals surface area contributed by atoms with Gasteiger partial charge in [0, 0.05) is 6.04 Å². The zero-order valence-electron chi connectivity index (χ0n) is 11.4. The fraction of sp³-hybridized carbons (Fsp3) is 0.438. The lowest BCUT2D eigenvalue weighted by molar-refractivity contribution is 0.133. The van der Waals surface area contributed by atoms with Crippen molar-refractivity contribution >= 4 is 6.09 Å². The minimum Gasteiger partial charge on any atom is -0.445 e. The molecule has 0 spiro atoms. The fourth-order valence-corrected chi connectivity index (χ4v) is 2.18. The molecule has 1 amide bonds. The molecule has 2 rings (SSSR count). The van der Waals surface area contributed by atoms with E-state index in [0.717, 1.165) is 18.4 Å². The summed E-state index contributed by atoms with van der Waals surface area (Å²) in [4.78, 5) is 11.6. The summed E-state index contributed by atoms with van der Waals surface area (Å²) in [5.74, 6) is 0. The lowest BCUT2D eigenvalue weighted by atomic mass is 9.96. The lowest BCUT2D eigenvalue weighted by Crippen LogP contribution is -2.36. The van der Waals surface area contributed by atoms with Gasteiger partial charge in [0.1, 0.15) is 6.61 Å². The summed E-state index contributed by atoms with van der Waals surface area (Å²) >= 11 is 0. The largest absolute Gasteiger partial charge is 0.445 e. The molecule has 1 fully saturated rings. The molecule has 0 saturated heterocycles. The Morgan fingerprint density at radius 3 is 2.42 bits per heavy atom. The van der Waals surface area contributed by atoms with Crippen LogP contribution in [0.2, 0.25) is 0 Å². The molecule has 0 radical (unpaired) electrons. The number of carbonyl (C=O) groups is 1. The Balaban J connectivity index is 0.000000861. The zero-order valence-corrected chi connectivity index (χ0v) is 11.4. The van der Waals surface area contributed by atoms with E-state index < -0.39 is 0 Å². The summed E-state index contributed by atoms with van der Waals surface area (Å²) in [7, 11) is 0. The van der Waals surface area contributed by atoms with Crippen molar-refractivity contribution in [3.63, 3.8) is 0 Å². The molecule has 0 aromatic heterocycles. The highest BCUT2D eigenvalue weighted by atomic mass is 16.5. The smallest absolute Gasteiger partial charge is 0.407 e. The van der Waals surface area contributed by atoms with Crippen LogP contribution in [0.3, 0.4) is 0 Å². The van der Waals surface area contributed by atoms with Crippen molar-refractivity contribution < 1.29 is 9.53 Å². The molecule has 19 heavy (non-hydrogen) atoms. The van der Waals surface area contributed by atoms with Gasteiger partial charge in [-0.2, -0.15) is 0 Å². The van der Waals surface area contributed by atoms with Gasteiger partial charge in [0.15, 0.2) is 0 Å². The van der Waals surface area contributed by atoms with Crippen LogP contribution in [0.1, 0.15) is 37.7 Å². The van der Waals surface area contributed by atoms with Gasteiger partial charge >= 0.3 is 6.09 Å². The van der Waals surface area contributed by atoms with Gasteiger partial charge in [0.2, 0.25) is 0 Å². The maximum absolute atomic E-state index is 11.6. The van der Waals surface area contributed by atoms with Gasteiger partial charge in [0.05, 0.1) is 0 Å². The summed E-state index contributed by atoms with van der Waals surface area (Å²) in [6.07, 6.45) is 5.59. The molecular weight excluding hydrogens is 238 g/mol. The van der Waals surface area contributed by atoms with Gasteiger partial charge in [-0.15, -0.1) is 13.2 Å². The Hall–Kier alpha value is -1.77. The molecule has 104 valence electrons. The summed E-state index contributed by atoms with van der Waals surface area (Å²) < 4.78 is 5.18. The van der Waals surface area contributed by atoms with Crippen LogP contribution in [0.15, 0.2) is 43.5 Å². The van der Waals surface area contributed by atoms with E-state index >= 15 is 0 Å². The molecule has 3 nitrogen and oxygen atoms in total. The predicted molar refractivity (Wildman–Crippen MR) is 77.9 cm³/mol. The van der Waals surface area contributed by atoms with Crippen molar-refractivity contribution in [2.45, 2.75) is 44.8 Å². The van der Waals surface area contributed by atoms with Gasteiger partial charge in [-0.25, -0.2) is 4.79 Å². The third kappa shape index (κ3) is 6.09. The molecule has 1 N–H and O–H groups in total. The predicted octanol–water partition coefficient (Wildman–Crippen LogP) is 4.05. The maximum atomic E-state index is 11.6. The van der Waals surface area contributed by atoms with Crippen LogP contribution in [-0.2, 0) is 11.3 Å². The molecule has 0 heterocycles. The molecule has 1 aliphatic carbocycles. The van der Waals surface area contributed by atoms with Crippen LogP contribution in [0.4, 0.5) is 4.79 Å². The Kier molecular flexibility index (Phi) is 7.40. The highest BCUT2D eigenvalue weighted by Gasteiger charge is 2.16. The molecule has 1 aromatic rings. The molecule has 0 bridgehead atoms. The average Bonchev–Trinajstić information content (AvgIpc) is 2.49. The van der Waals surface area contributed by atoms with E-state index in [1.165, 1.54) is 19.3 Å². The topological polar surface area (TPSA) is 38.3 Å². The van der Waals surface area contributed by atoms with E-state index in [2.05, 4.69) is 18.5 Å². The van der Waals surface area contributed by atoms with Crippen molar-refractivity contribution in [3.05, 3.63) is 49.1 Å². The zero-order chi connectivity index (χ0) is 13.9. The van der Waals surface area contributed by atoms with Crippen molar-refractivity contribution in [2.75, 3.05) is 0 Å². The van der Waals surface area contributed by atoms with Crippen LogP contribution in [0.5, 0.6) is 0 Å². The highest BCUT2D eigenvalue weighted by molar-refractivity contribution is 5.67. The first-order valence-electron chi connectivity index (χ1n) is 6.82.